The number of benzene rings is 2. The van der Waals surface area contributed by atoms with Gasteiger partial charge >= 0.3 is 51.4 Å². The van der Waals surface area contributed by atoms with E-state index in [0.29, 0.717) is 5.69 Å². The molecule has 0 aliphatic rings. The van der Waals surface area contributed by atoms with Crippen LogP contribution in [0.25, 0.3) is 0 Å². The number of carboxylic acids is 1. The molecule has 8 nitrogen and oxygen atoms in total. The monoisotopic (exact) mass is 367 g/mol. The molecule has 0 radical (unpaired) electrons. The zero-order valence-electron chi connectivity index (χ0n) is 14.0. The first-order valence-corrected chi connectivity index (χ1v) is 6.88. The Morgan fingerprint density at radius 1 is 1.12 bits per heavy atom. The first-order chi connectivity index (χ1) is 11.3. The number of carbonyl (C=O) groups excluding carboxylic acids is 2. The van der Waals surface area contributed by atoms with Crippen LogP contribution < -0.4 is 66.7 Å². The fourth-order valence-corrected chi connectivity index (χ4v) is 2.16. The van der Waals surface area contributed by atoms with Crippen LogP contribution >= 0.6 is 0 Å². The van der Waals surface area contributed by atoms with Gasteiger partial charge in [0.1, 0.15) is 5.56 Å². The van der Waals surface area contributed by atoms with Crippen LogP contribution in [0.5, 0.6) is 0 Å². The number of hydrogen-bond acceptors (Lipinski definition) is 6. The van der Waals surface area contributed by atoms with E-state index >= 15 is 0 Å². The zero-order chi connectivity index (χ0) is 17.9. The van der Waals surface area contributed by atoms with E-state index < -0.39 is 33.6 Å². The number of nitrogens with zero attached hydrogens (tertiary/aromatic N) is 2. The normalized spacial score (nSPS) is 9.68. The molecule has 25 heavy (non-hydrogen) atoms. The fourth-order valence-electron chi connectivity index (χ4n) is 2.16. The zero-order valence-corrected chi connectivity index (χ0v) is 17.1. The number of hydrogen-bond donors (Lipinski definition) is 1. The van der Waals surface area contributed by atoms with Crippen LogP contribution in [0.4, 0.5) is 17.1 Å². The van der Waals surface area contributed by atoms with Gasteiger partial charge in [-0.05, 0) is 18.2 Å². The first-order valence-electron chi connectivity index (χ1n) is 6.88. The van der Waals surface area contributed by atoms with Crippen LogP contribution in [-0.4, -0.2) is 30.9 Å². The number of nitro groups is 1. The molecule has 1 N–H and O–H groups in total. The summed E-state index contributed by atoms with van der Waals surface area (Å²) < 4.78 is 0. The molecule has 0 aliphatic heterocycles. The Bertz CT molecular complexity index is 791. The van der Waals surface area contributed by atoms with Crippen molar-refractivity contribution in [3.8, 4) is 0 Å². The van der Waals surface area contributed by atoms with Gasteiger partial charge in [-0.25, -0.2) is 0 Å². The predicted molar refractivity (Wildman–Crippen MR) is 86.1 cm³/mol. The third kappa shape index (κ3) is 5.09. The second-order valence-corrected chi connectivity index (χ2v) is 5.14. The molecule has 0 saturated heterocycles. The van der Waals surface area contributed by atoms with Gasteiger partial charge in [-0.3, -0.25) is 14.9 Å². The smallest absolute Gasteiger partial charge is 0.545 e. The number of carbonyl (C=O) groups is 2. The van der Waals surface area contributed by atoms with Crippen molar-refractivity contribution < 1.29 is 71.0 Å². The van der Waals surface area contributed by atoms with Crippen LogP contribution in [-0.2, 0) is 0 Å². The van der Waals surface area contributed by atoms with E-state index in [1.165, 1.54) is 6.07 Å². The van der Waals surface area contributed by atoms with Crippen molar-refractivity contribution in [2.45, 2.75) is 0 Å². The molecule has 0 spiro atoms. The van der Waals surface area contributed by atoms with Crippen molar-refractivity contribution in [2.75, 3.05) is 24.3 Å². The summed E-state index contributed by atoms with van der Waals surface area (Å²) in [6, 6.07) is 10.1. The summed E-state index contributed by atoms with van der Waals surface area (Å²) in [6.45, 7) is 0. The van der Waals surface area contributed by atoms with Crippen LogP contribution in [0.15, 0.2) is 42.5 Å². The Morgan fingerprint density at radius 3 is 2.32 bits per heavy atom. The molecule has 2 aromatic rings. The summed E-state index contributed by atoms with van der Waals surface area (Å²) in [5, 5.41) is 24.8. The molecule has 0 atom stereocenters. The minimum absolute atomic E-state index is 0. The standard InChI is InChI=1S/C16H15N3O5.K/c1-18(2)11-6-3-5-10(9-11)17-15(20)14-12(16(21)22)7-4-8-13(14)19(23)24;/h3-9H,1-2H3,(H,17,20)(H,21,22);/q;+1/p-1. The molecule has 0 saturated carbocycles. The Hall–Kier alpha value is -1.78. The average Bonchev–Trinajstić information content (AvgIpc) is 2.54. The number of rotatable bonds is 5. The van der Waals surface area contributed by atoms with E-state index in [0.717, 1.165) is 17.8 Å². The maximum absolute atomic E-state index is 12.4. The molecule has 0 aliphatic carbocycles. The quantitative estimate of drug-likeness (QED) is 0.382. The van der Waals surface area contributed by atoms with E-state index in [1.54, 1.807) is 18.2 Å². The molecular weight excluding hydrogens is 353 g/mol. The summed E-state index contributed by atoms with van der Waals surface area (Å²) in [7, 11) is 3.63. The maximum Gasteiger partial charge on any atom is 1.00 e. The average molecular weight is 367 g/mol. The van der Waals surface area contributed by atoms with Gasteiger partial charge < -0.3 is 20.1 Å². The molecule has 9 heteroatoms. The van der Waals surface area contributed by atoms with Gasteiger partial charge in [0.25, 0.3) is 11.6 Å². The van der Waals surface area contributed by atoms with Crippen molar-refractivity contribution in [2.24, 2.45) is 0 Å². The molecule has 0 unspecified atom stereocenters. The Labute approximate surface area is 186 Å². The number of carboxylic acid groups (broad SMARTS) is 1. The van der Waals surface area contributed by atoms with Crippen molar-refractivity contribution in [3.63, 3.8) is 0 Å². The maximum atomic E-state index is 12.4. The molecular formula is C16H14KN3O5. The van der Waals surface area contributed by atoms with Crippen molar-refractivity contribution in [1.82, 2.24) is 0 Å². The number of nitrogens with one attached hydrogen (secondary N) is 1. The van der Waals surface area contributed by atoms with Gasteiger partial charge in [-0.2, -0.15) is 0 Å². The van der Waals surface area contributed by atoms with Gasteiger partial charge in [0.05, 0.1) is 10.9 Å². The number of nitro benzene ring substituents is 1. The molecule has 0 aromatic heterocycles. The molecule has 1 amide bonds. The predicted octanol–water partition coefficient (Wildman–Crippen LogP) is -1.72. The summed E-state index contributed by atoms with van der Waals surface area (Å²) in [6.07, 6.45) is 0. The summed E-state index contributed by atoms with van der Waals surface area (Å²) >= 11 is 0. The minimum Gasteiger partial charge on any atom is -0.545 e. The largest absolute Gasteiger partial charge is 1.00 e. The Balaban J connectivity index is 0.00000312. The summed E-state index contributed by atoms with van der Waals surface area (Å²) in [4.78, 5) is 35.7. The van der Waals surface area contributed by atoms with Crippen molar-refractivity contribution in [1.29, 1.82) is 0 Å². The van der Waals surface area contributed by atoms with Gasteiger partial charge in [0.2, 0.25) is 0 Å². The van der Waals surface area contributed by atoms with Gasteiger partial charge in [-0.15, -0.1) is 0 Å². The molecule has 2 rings (SSSR count). The minimum atomic E-state index is -1.66. The molecule has 124 valence electrons. The third-order valence-electron chi connectivity index (χ3n) is 3.31. The molecule has 0 heterocycles. The second-order valence-electron chi connectivity index (χ2n) is 5.14. The third-order valence-corrected chi connectivity index (χ3v) is 3.31. The van der Waals surface area contributed by atoms with E-state index in [-0.39, 0.29) is 51.4 Å². The van der Waals surface area contributed by atoms with Gasteiger partial charge in [-0.1, -0.05) is 18.2 Å². The molecule has 0 fully saturated rings. The summed E-state index contributed by atoms with van der Waals surface area (Å²) in [5.41, 5.74) is -0.495. The fraction of sp³-hybridized carbons (Fsp3) is 0.125. The number of aromatic carboxylic acids is 1. The van der Waals surface area contributed by atoms with Crippen LogP contribution in [0, 0.1) is 10.1 Å². The Kier molecular flexibility index (Phi) is 7.71. The van der Waals surface area contributed by atoms with Gasteiger partial charge in [0.15, 0.2) is 0 Å². The van der Waals surface area contributed by atoms with E-state index in [2.05, 4.69) is 5.32 Å². The topological polar surface area (TPSA) is 116 Å². The number of anilines is 2. The van der Waals surface area contributed by atoms with Crippen LogP contribution in [0.3, 0.4) is 0 Å². The van der Waals surface area contributed by atoms with Crippen LogP contribution in [0.1, 0.15) is 20.7 Å². The van der Waals surface area contributed by atoms with E-state index in [1.807, 2.05) is 25.1 Å². The van der Waals surface area contributed by atoms with Crippen molar-refractivity contribution in [3.05, 3.63) is 63.7 Å². The Morgan fingerprint density at radius 2 is 1.76 bits per heavy atom. The summed E-state index contributed by atoms with van der Waals surface area (Å²) in [5.74, 6) is -2.55. The van der Waals surface area contributed by atoms with Crippen molar-refractivity contribution >= 4 is 28.9 Å². The first kappa shape index (κ1) is 21.3. The second kappa shape index (κ2) is 9.06. The van der Waals surface area contributed by atoms with Gasteiger partial charge in [0, 0.05) is 37.1 Å². The molecule has 2 aromatic carbocycles. The number of amides is 1. The SMILES string of the molecule is CN(C)c1cccc(NC(=O)c2c(C(=O)[O-])cccc2[N+](=O)[O-])c1.[K+]. The molecule has 0 bridgehead atoms. The van der Waals surface area contributed by atoms with E-state index in [9.17, 15) is 24.8 Å². The van der Waals surface area contributed by atoms with E-state index in [4.69, 9.17) is 0 Å². The van der Waals surface area contributed by atoms with Crippen LogP contribution in [0.2, 0.25) is 0 Å².